The predicted molar refractivity (Wildman–Crippen MR) is 170 cm³/mol. The maximum absolute atomic E-state index is 14.7. The average molecular weight is 615 g/mol. The van der Waals surface area contributed by atoms with Gasteiger partial charge in [0.15, 0.2) is 11.6 Å². The van der Waals surface area contributed by atoms with Crippen LogP contribution in [0.25, 0.3) is 0 Å². The average Bonchev–Trinajstić information content (AvgIpc) is 3.51. The van der Waals surface area contributed by atoms with Crippen molar-refractivity contribution < 1.29 is 19.5 Å². The van der Waals surface area contributed by atoms with Gasteiger partial charge in [-0.25, -0.2) is 4.98 Å². The number of aryl methyl sites for hydroxylation is 1. The zero-order chi connectivity index (χ0) is 32.8. The molecule has 0 saturated heterocycles. The minimum Gasteiger partial charge on any atom is -0.381 e. The van der Waals surface area contributed by atoms with E-state index in [-0.39, 0.29) is 40.3 Å². The second-order valence-corrected chi connectivity index (χ2v) is 16.8. The van der Waals surface area contributed by atoms with E-state index in [1.807, 2.05) is 37.6 Å². The molecule has 1 heterocycles. The number of amides is 1. The van der Waals surface area contributed by atoms with Crippen LogP contribution in [0.3, 0.4) is 0 Å². The van der Waals surface area contributed by atoms with Crippen molar-refractivity contribution >= 4 is 17.5 Å². The third-order valence-electron chi connectivity index (χ3n) is 14.2. The van der Waals surface area contributed by atoms with E-state index >= 15 is 0 Å². The molecule has 0 aromatic carbocycles. The summed E-state index contributed by atoms with van der Waals surface area (Å²) >= 11 is 0. The van der Waals surface area contributed by atoms with Gasteiger partial charge in [0.05, 0.1) is 11.9 Å². The molecule has 1 aromatic heterocycles. The summed E-state index contributed by atoms with van der Waals surface area (Å²) in [5.41, 5.74) is -4.17. The van der Waals surface area contributed by atoms with E-state index in [0.29, 0.717) is 19.4 Å². The van der Waals surface area contributed by atoms with Crippen LogP contribution in [-0.4, -0.2) is 44.3 Å². The summed E-state index contributed by atoms with van der Waals surface area (Å²) in [4.78, 5) is 45.8. The van der Waals surface area contributed by atoms with Crippen LogP contribution >= 0.6 is 0 Å². The summed E-state index contributed by atoms with van der Waals surface area (Å²) in [6.45, 7) is 15.8. The van der Waals surface area contributed by atoms with Crippen LogP contribution in [0.2, 0.25) is 0 Å². The Balaban J connectivity index is 1.35. The molecule has 0 radical (unpaired) electrons. The number of hydrogen-bond acceptors (Lipinski definition) is 6. The molecular weight excluding hydrogens is 564 g/mol. The number of nitrogens with one attached hydrogen (secondary N) is 1. The first-order valence-electron chi connectivity index (χ1n) is 16.8. The fourth-order valence-electron chi connectivity index (χ4n) is 11.1. The minimum absolute atomic E-state index is 0.00643. The molecule has 242 valence electrons. The molecule has 8 heteroatoms. The summed E-state index contributed by atoms with van der Waals surface area (Å²) in [5.74, 6) is -0.839. The lowest BCUT2D eigenvalue weighted by Crippen LogP contribution is -2.74. The Labute approximate surface area is 267 Å². The number of aromatic nitrogens is 2. The molecule has 5 aliphatic carbocycles. The van der Waals surface area contributed by atoms with Gasteiger partial charge in [-0.1, -0.05) is 54.5 Å². The molecule has 5 aliphatic rings. The lowest BCUT2D eigenvalue weighted by atomic mass is 9.33. The van der Waals surface area contributed by atoms with Crippen LogP contribution in [0, 0.1) is 55.7 Å². The number of imidazole rings is 1. The molecule has 0 spiro atoms. The number of nitrogens with zero attached hydrogens (tertiary/aromatic N) is 3. The zero-order valence-electron chi connectivity index (χ0n) is 28.1. The van der Waals surface area contributed by atoms with Crippen LogP contribution in [0.1, 0.15) is 99.8 Å². The second-order valence-electron chi connectivity index (χ2n) is 16.8. The number of ketones is 2. The highest BCUT2D eigenvalue weighted by Gasteiger charge is 2.75. The van der Waals surface area contributed by atoms with Crippen molar-refractivity contribution in [3.8, 4) is 6.07 Å². The van der Waals surface area contributed by atoms with Crippen molar-refractivity contribution in [1.29, 1.82) is 5.26 Å². The van der Waals surface area contributed by atoms with Gasteiger partial charge < -0.3 is 15.0 Å². The fourth-order valence-corrected chi connectivity index (χ4v) is 11.1. The summed E-state index contributed by atoms with van der Waals surface area (Å²) in [6.07, 6.45) is 14.8. The van der Waals surface area contributed by atoms with Gasteiger partial charge in [-0.2, -0.15) is 5.26 Å². The van der Waals surface area contributed by atoms with Gasteiger partial charge in [0.1, 0.15) is 11.7 Å². The van der Waals surface area contributed by atoms with Gasteiger partial charge in [0.2, 0.25) is 5.91 Å². The van der Waals surface area contributed by atoms with E-state index < -0.39 is 32.7 Å². The second kappa shape index (κ2) is 9.97. The van der Waals surface area contributed by atoms with Crippen LogP contribution in [0.5, 0.6) is 0 Å². The van der Waals surface area contributed by atoms with E-state index in [1.54, 1.807) is 18.6 Å². The lowest BCUT2D eigenvalue weighted by molar-refractivity contribution is -0.242. The molecule has 1 aromatic rings. The number of nitriles is 1. The van der Waals surface area contributed by atoms with E-state index in [9.17, 15) is 24.8 Å². The molecule has 8 atom stereocenters. The number of carbonyl (C=O) groups excluding carboxylic acids is 3. The van der Waals surface area contributed by atoms with Crippen molar-refractivity contribution in [2.45, 2.75) is 112 Å². The van der Waals surface area contributed by atoms with Crippen LogP contribution < -0.4 is 5.32 Å². The van der Waals surface area contributed by atoms with Crippen LogP contribution in [-0.2, 0) is 20.9 Å². The van der Waals surface area contributed by atoms with Gasteiger partial charge >= 0.3 is 0 Å². The quantitative estimate of drug-likeness (QED) is 0.409. The highest BCUT2D eigenvalue weighted by molar-refractivity contribution is 6.05. The topological polar surface area (TPSA) is 125 Å². The largest absolute Gasteiger partial charge is 0.381 e. The first-order chi connectivity index (χ1) is 20.9. The Hall–Kier alpha value is -3.05. The number of aliphatic hydroxyl groups is 1. The van der Waals surface area contributed by atoms with Crippen LogP contribution in [0.4, 0.5) is 0 Å². The SMILES string of the molecule is CC1(C)C(=O)C(C#N)=C[C@]2(C)C3=CC(=O)[C@]4(O)[C@@H]5C[C@@](C)(C(=O)NCCCn6ccnc6)CC[C@]5(C)CC[C@@]4(C)[C@]3(C)CC[C@@H]12. The maximum atomic E-state index is 14.7. The van der Waals surface area contributed by atoms with E-state index in [4.69, 9.17) is 0 Å². The molecule has 3 saturated carbocycles. The molecule has 2 N–H and O–H groups in total. The minimum atomic E-state index is -1.63. The Morgan fingerprint density at radius 1 is 1.07 bits per heavy atom. The predicted octanol–water partition coefficient (Wildman–Crippen LogP) is 5.72. The Morgan fingerprint density at radius 3 is 2.44 bits per heavy atom. The highest BCUT2D eigenvalue weighted by atomic mass is 16.3. The highest BCUT2D eigenvalue weighted by Crippen LogP contribution is 2.75. The van der Waals surface area contributed by atoms with Crippen molar-refractivity contribution in [1.82, 2.24) is 14.9 Å². The molecular formula is C37H50N4O4. The number of carbonyl (C=O) groups is 3. The molecule has 1 amide bonds. The van der Waals surface area contributed by atoms with Gasteiger partial charge in [-0.15, -0.1) is 0 Å². The number of hydrogen-bond donors (Lipinski definition) is 2. The Morgan fingerprint density at radius 2 is 1.78 bits per heavy atom. The third-order valence-corrected chi connectivity index (χ3v) is 14.2. The third kappa shape index (κ3) is 4.11. The molecule has 45 heavy (non-hydrogen) atoms. The smallest absolute Gasteiger partial charge is 0.225 e. The van der Waals surface area contributed by atoms with E-state index in [2.05, 4.69) is 44.1 Å². The Bertz CT molecular complexity index is 1550. The van der Waals surface area contributed by atoms with Crippen LogP contribution in [0.15, 0.2) is 42.0 Å². The van der Waals surface area contributed by atoms with Crippen molar-refractivity contribution in [3.63, 3.8) is 0 Å². The standard InChI is InChI=1S/C37H50N4O4/c1-31(2)25-9-10-35(6)26(34(25,5)20-24(22-38)29(31)43)19-28(42)37(45)27-21-33(4,12-11-32(27,3)13-14-36(35,37)7)30(44)40-15-8-17-41-18-16-39-23-41/h16,18-20,23,25,27,45H,8-15,17,21H2,1-7H3,(H,40,44)/t25-,27+,32+,33-,34-,35+,36-,37+/m0/s1. The summed E-state index contributed by atoms with van der Waals surface area (Å²) in [5, 5.41) is 26.2. The summed E-state index contributed by atoms with van der Waals surface area (Å²) in [6, 6.07) is 2.16. The van der Waals surface area contributed by atoms with E-state index in [0.717, 1.165) is 50.6 Å². The van der Waals surface area contributed by atoms with E-state index in [1.165, 1.54) is 0 Å². The summed E-state index contributed by atoms with van der Waals surface area (Å²) < 4.78 is 1.99. The number of fused-ring (bicyclic) bond motifs is 7. The molecule has 3 fully saturated rings. The molecule has 0 aliphatic heterocycles. The van der Waals surface area contributed by atoms with Crippen molar-refractivity contribution in [2.75, 3.05) is 6.54 Å². The van der Waals surface area contributed by atoms with Gasteiger partial charge in [0, 0.05) is 53.1 Å². The first-order valence-corrected chi connectivity index (χ1v) is 16.8. The van der Waals surface area contributed by atoms with Gasteiger partial charge in [0.25, 0.3) is 0 Å². The zero-order valence-corrected chi connectivity index (χ0v) is 28.1. The maximum Gasteiger partial charge on any atom is 0.225 e. The number of allylic oxidation sites excluding steroid dienone is 3. The number of rotatable bonds is 5. The van der Waals surface area contributed by atoms with Crippen molar-refractivity contribution in [3.05, 3.63) is 42.0 Å². The monoisotopic (exact) mass is 614 g/mol. The van der Waals surface area contributed by atoms with Crippen molar-refractivity contribution in [2.24, 2.45) is 44.3 Å². The fraction of sp³-hybridized carbons (Fsp3) is 0.703. The molecule has 6 rings (SSSR count). The molecule has 8 nitrogen and oxygen atoms in total. The Kier molecular flexibility index (Phi) is 7.07. The van der Waals surface area contributed by atoms with Gasteiger partial charge in [-0.05, 0) is 79.8 Å². The normalized spacial score (nSPS) is 43.4. The summed E-state index contributed by atoms with van der Waals surface area (Å²) in [7, 11) is 0. The van der Waals surface area contributed by atoms with Gasteiger partial charge in [-0.3, -0.25) is 14.4 Å². The lowest BCUT2D eigenvalue weighted by Gasteiger charge is -2.71. The molecule has 0 unspecified atom stereocenters. The number of Topliss-reactive ketones (excluding diaryl/α,β-unsaturated/α-hetero) is 1. The first kappa shape index (κ1) is 31.9. The molecule has 0 bridgehead atoms.